The predicted octanol–water partition coefficient (Wildman–Crippen LogP) is 2.64. The summed E-state index contributed by atoms with van der Waals surface area (Å²) in [6, 6.07) is 0.0103. The lowest BCUT2D eigenvalue weighted by Crippen LogP contribution is -2.19. The van der Waals surface area contributed by atoms with Crippen molar-refractivity contribution in [3.63, 3.8) is 0 Å². The van der Waals surface area contributed by atoms with Gasteiger partial charge >= 0.3 is 0 Å². The van der Waals surface area contributed by atoms with Crippen molar-refractivity contribution in [3.05, 3.63) is 28.9 Å². The summed E-state index contributed by atoms with van der Waals surface area (Å²) in [6.45, 7) is 10.9. The van der Waals surface area contributed by atoms with E-state index in [4.69, 9.17) is 4.52 Å². The summed E-state index contributed by atoms with van der Waals surface area (Å²) in [5.74, 6) is 2.67. The summed E-state index contributed by atoms with van der Waals surface area (Å²) in [5, 5.41) is 7.35. The van der Waals surface area contributed by atoms with Crippen LogP contribution in [0.15, 0.2) is 4.52 Å². The lowest BCUT2D eigenvalue weighted by Gasteiger charge is -2.08. The van der Waals surface area contributed by atoms with Crippen LogP contribution in [0.5, 0.6) is 0 Å². The summed E-state index contributed by atoms with van der Waals surface area (Å²) in [4.78, 5) is 12.2. The van der Waals surface area contributed by atoms with E-state index in [1.807, 2.05) is 27.7 Å². The zero-order chi connectivity index (χ0) is 14.7. The van der Waals surface area contributed by atoms with E-state index in [2.05, 4.69) is 32.3 Å². The van der Waals surface area contributed by atoms with Crippen LogP contribution >= 0.6 is 0 Å². The second-order valence-electron chi connectivity index (χ2n) is 5.36. The molecule has 0 fully saturated rings. The number of rotatable bonds is 6. The highest BCUT2D eigenvalue weighted by molar-refractivity contribution is 5.13. The van der Waals surface area contributed by atoms with E-state index in [1.54, 1.807) is 0 Å². The Hall–Kier alpha value is -1.69. The van der Waals surface area contributed by atoms with Crippen molar-refractivity contribution in [1.82, 2.24) is 25.4 Å². The van der Waals surface area contributed by atoms with Crippen molar-refractivity contribution in [3.8, 4) is 0 Å². The van der Waals surface area contributed by atoms with Gasteiger partial charge in [-0.3, -0.25) is 0 Å². The molecule has 2 rings (SSSR count). The lowest BCUT2D eigenvalue weighted by atomic mass is 10.2. The molecule has 20 heavy (non-hydrogen) atoms. The Morgan fingerprint density at radius 1 is 1.25 bits per heavy atom. The van der Waals surface area contributed by atoms with Gasteiger partial charge in [0.2, 0.25) is 5.89 Å². The summed E-state index contributed by atoms with van der Waals surface area (Å²) in [5.41, 5.74) is 2.15. The van der Waals surface area contributed by atoms with Crippen LogP contribution in [0.1, 0.15) is 68.6 Å². The Morgan fingerprint density at radius 2 is 2.00 bits per heavy atom. The van der Waals surface area contributed by atoms with Gasteiger partial charge in [0, 0.05) is 24.6 Å². The number of aromatic nitrogens is 4. The number of aromatic amines is 1. The first kappa shape index (κ1) is 14.7. The smallest absolute Gasteiger partial charge is 0.243 e. The molecule has 0 bridgehead atoms. The topological polar surface area (TPSA) is 79.6 Å². The van der Waals surface area contributed by atoms with E-state index < -0.39 is 0 Å². The normalized spacial score (nSPS) is 13.1. The molecule has 0 saturated carbocycles. The first-order chi connectivity index (χ1) is 9.51. The first-order valence-electron chi connectivity index (χ1n) is 7.12. The molecule has 6 nitrogen and oxygen atoms in total. The average molecular weight is 277 g/mol. The van der Waals surface area contributed by atoms with Gasteiger partial charge in [-0.25, -0.2) is 4.98 Å². The van der Waals surface area contributed by atoms with Gasteiger partial charge in [-0.1, -0.05) is 25.9 Å². The number of H-pyrrole nitrogens is 1. The molecule has 6 heteroatoms. The van der Waals surface area contributed by atoms with Crippen molar-refractivity contribution in [2.75, 3.05) is 0 Å². The maximum absolute atomic E-state index is 5.28. The van der Waals surface area contributed by atoms with Crippen LogP contribution in [0.3, 0.4) is 0 Å². The van der Waals surface area contributed by atoms with Crippen molar-refractivity contribution < 1.29 is 4.52 Å². The highest BCUT2D eigenvalue weighted by Gasteiger charge is 2.16. The Bertz CT molecular complexity index is 558. The zero-order valence-electron chi connectivity index (χ0n) is 12.8. The standard InChI is InChI=1S/C14H23N5O/c1-6-12-16-9(4)11(17-12)7-15-10(5)14-18-13(8(2)3)19-20-14/h8,10,15H,6-7H2,1-5H3,(H,16,17). The Kier molecular flexibility index (Phi) is 4.54. The van der Waals surface area contributed by atoms with Crippen LogP contribution in [0, 0.1) is 6.92 Å². The van der Waals surface area contributed by atoms with Gasteiger partial charge in [0.05, 0.1) is 11.7 Å². The molecule has 0 amide bonds. The van der Waals surface area contributed by atoms with Crippen LogP contribution < -0.4 is 5.32 Å². The maximum Gasteiger partial charge on any atom is 0.243 e. The number of nitrogens with zero attached hydrogens (tertiary/aromatic N) is 3. The van der Waals surface area contributed by atoms with E-state index in [1.165, 1.54) is 0 Å². The minimum Gasteiger partial charge on any atom is -0.346 e. The van der Waals surface area contributed by atoms with E-state index in [0.29, 0.717) is 12.4 Å². The van der Waals surface area contributed by atoms with Gasteiger partial charge in [0.25, 0.3) is 0 Å². The van der Waals surface area contributed by atoms with Crippen molar-refractivity contribution >= 4 is 0 Å². The van der Waals surface area contributed by atoms with Gasteiger partial charge in [-0.15, -0.1) is 0 Å². The minimum atomic E-state index is 0.0103. The molecule has 0 radical (unpaired) electrons. The Morgan fingerprint density at radius 3 is 2.55 bits per heavy atom. The molecule has 0 spiro atoms. The number of hydrogen-bond acceptors (Lipinski definition) is 5. The SMILES string of the molecule is CCc1nc(CNC(C)c2nc(C(C)C)no2)c(C)[nH]1. The second-order valence-corrected chi connectivity index (χ2v) is 5.36. The molecule has 2 heterocycles. The van der Waals surface area contributed by atoms with Crippen LogP contribution in [0.25, 0.3) is 0 Å². The molecule has 0 aliphatic carbocycles. The molecule has 1 atom stereocenters. The second kappa shape index (κ2) is 6.17. The summed E-state index contributed by atoms with van der Waals surface area (Å²) < 4.78 is 5.28. The molecule has 0 aliphatic rings. The van der Waals surface area contributed by atoms with Crippen molar-refractivity contribution in [2.45, 2.75) is 59.5 Å². The molecule has 2 N–H and O–H groups in total. The highest BCUT2D eigenvalue weighted by Crippen LogP contribution is 2.15. The number of aryl methyl sites for hydroxylation is 2. The molecule has 0 aromatic carbocycles. The maximum atomic E-state index is 5.28. The van der Waals surface area contributed by atoms with Gasteiger partial charge in [-0.05, 0) is 13.8 Å². The molecule has 0 saturated heterocycles. The van der Waals surface area contributed by atoms with E-state index in [0.717, 1.165) is 29.5 Å². The predicted molar refractivity (Wildman–Crippen MR) is 76.3 cm³/mol. The molecule has 0 aliphatic heterocycles. The van der Waals surface area contributed by atoms with Crippen molar-refractivity contribution in [1.29, 1.82) is 0 Å². The van der Waals surface area contributed by atoms with E-state index in [9.17, 15) is 0 Å². The third-order valence-electron chi connectivity index (χ3n) is 3.29. The van der Waals surface area contributed by atoms with Gasteiger partial charge in [0.1, 0.15) is 5.82 Å². The molecule has 2 aromatic heterocycles. The zero-order valence-corrected chi connectivity index (χ0v) is 12.8. The number of nitrogens with one attached hydrogen (secondary N) is 2. The fraction of sp³-hybridized carbons (Fsp3) is 0.643. The fourth-order valence-corrected chi connectivity index (χ4v) is 1.90. The monoisotopic (exact) mass is 277 g/mol. The van der Waals surface area contributed by atoms with Gasteiger partial charge in [-0.2, -0.15) is 4.98 Å². The highest BCUT2D eigenvalue weighted by atomic mass is 16.5. The first-order valence-corrected chi connectivity index (χ1v) is 7.12. The molecule has 1 unspecified atom stereocenters. The fourth-order valence-electron chi connectivity index (χ4n) is 1.90. The molecule has 2 aromatic rings. The summed E-state index contributed by atoms with van der Waals surface area (Å²) in [7, 11) is 0. The quantitative estimate of drug-likeness (QED) is 0.848. The van der Waals surface area contributed by atoms with Gasteiger partial charge in [0.15, 0.2) is 5.82 Å². The van der Waals surface area contributed by atoms with E-state index >= 15 is 0 Å². The molecule has 110 valence electrons. The van der Waals surface area contributed by atoms with Crippen LogP contribution in [-0.4, -0.2) is 20.1 Å². The van der Waals surface area contributed by atoms with Crippen LogP contribution in [0.4, 0.5) is 0 Å². The van der Waals surface area contributed by atoms with Gasteiger partial charge < -0.3 is 14.8 Å². The van der Waals surface area contributed by atoms with Crippen LogP contribution in [0.2, 0.25) is 0 Å². The van der Waals surface area contributed by atoms with Crippen LogP contribution in [-0.2, 0) is 13.0 Å². The van der Waals surface area contributed by atoms with E-state index in [-0.39, 0.29) is 12.0 Å². The third kappa shape index (κ3) is 3.25. The van der Waals surface area contributed by atoms with Crippen molar-refractivity contribution in [2.24, 2.45) is 0 Å². The lowest BCUT2D eigenvalue weighted by molar-refractivity contribution is 0.334. The molecular formula is C14H23N5O. The summed E-state index contributed by atoms with van der Waals surface area (Å²) in [6.07, 6.45) is 0.914. The minimum absolute atomic E-state index is 0.0103. The third-order valence-corrected chi connectivity index (χ3v) is 3.29. The average Bonchev–Trinajstić information content (AvgIpc) is 3.02. The Labute approximate surface area is 119 Å². The number of imidazole rings is 1. The largest absolute Gasteiger partial charge is 0.346 e. The Balaban J connectivity index is 1.96. The number of hydrogen-bond donors (Lipinski definition) is 2. The molecular weight excluding hydrogens is 254 g/mol. The summed E-state index contributed by atoms with van der Waals surface area (Å²) >= 11 is 0.